The molecule has 1 N–H and O–H groups in total. The SMILES string of the molecule is CN(C)C(c1cccs1)c1ccnc(N2CCN(C(=O)O)CC2)c1[N+](=O)[O-]. The van der Waals surface area contributed by atoms with Gasteiger partial charge in [0, 0.05) is 37.3 Å². The molecule has 1 fully saturated rings. The highest BCUT2D eigenvalue weighted by molar-refractivity contribution is 7.10. The lowest BCUT2D eigenvalue weighted by Gasteiger charge is -2.34. The van der Waals surface area contributed by atoms with Gasteiger partial charge in [-0.05, 0) is 31.6 Å². The zero-order valence-corrected chi connectivity index (χ0v) is 15.9. The minimum Gasteiger partial charge on any atom is -0.465 e. The number of carbonyl (C=O) groups is 1. The summed E-state index contributed by atoms with van der Waals surface area (Å²) in [5.74, 6) is 0.297. The van der Waals surface area contributed by atoms with E-state index in [1.165, 1.54) is 4.90 Å². The summed E-state index contributed by atoms with van der Waals surface area (Å²) < 4.78 is 0. The minimum atomic E-state index is -0.976. The molecule has 1 saturated heterocycles. The van der Waals surface area contributed by atoms with E-state index < -0.39 is 6.09 Å². The number of hydrogen-bond donors (Lipinski definition) is 1. The van der Waals surface area contributed by atoms with Gasteiger partial charge in [-0.2, -0.15) is 0 Å². The highest BCUT2D eigenvalue weighted by Gasteiger charge is 2.33. The lowest BCUT2D eigenvalue weighted by atomic mass is 10.0. The molecule has 2 aromatic rings. The molecular weight excluding hydrogens is 370 g/mol. The molecule has 3 heterocycles. The fraction of sp³-hybridized carbons (Fsp3) is 0.412. The Hall–Kier alpha value is -2.72. The molecule has 0 bridgehead atoms. The predicted octanol–water partition coefficient (Wildman–Crippen LogP) is 2.50. The Bertz CT molecular complexity index is 819. The molecule has 0 spiro atoms. The molecular formula is C17H21N5O4S. The smallest absolute Gasteiger partial charge is 0.407 e. The molecule has 10 heteroatoms. The second kappa shape index (κ2) is 7.89. The lowest BCUT2D eigenvalue weighted by molar-refractivity contribution is -0.385. The van der Waals surface area contributed by atoms with Crippen molar-refractivity contribution >= 4 is 28.9 Å². The van der Waals surface area contributed by atoms with E-state index >= 15 is 0 Å². The third-order valence-electron chi connectivity index (χ3n) is 4.59. The van der Waals surface area contributed by atoms with Crippen LogP contribution in [-0.2, 0) is 0 Å². The van der Waals surface area contributed by atoms with Crippen molar-refractivity contribution in [3.63, 3.8) is 0 Å². The van der Waals surface area contributed by atoms with Gasteiger partial charge in [0.05, 0.1) is 16.5 Å². The van der Waals surface area contributed by atoms with Gasteiger partial charge in [-0.3, -0.25) is 15.0 Å². The van der Waals surface area contributed by atoms with Gasteiger partial charge < -0.3 is 14.9 Å². The van der Waals surface area contributed by atoms with Crippen molar-refractivity contribution in [1.82, 2.24) is 14.8 Å². The maximum Gasteiger partial charge on any atom is 0.407 e. The van der Waals surface area contributed by atoms with Crippen LogP contribution in [0, 0.1) is 10.1 Å². The largest absolute Gasteiger partial charge is 0.465 e. The van der Waals surface area contributed by atoms with Crippen LogP contribution in [0.15, 0.2) is 29.8 Å². The van der Waals surface area contributed by atoms with E-state index in [2.05, 4.69) is 4.98 Å². The van der Waals surface area contributed by atoms with E-state index in [9.17, 15) is 14.9 Å². The van der Waals surface area contributed by atoms with Gasteiger partial charge in [0.1, 0.15) is 0 Å². The molecule has 1 aliphatic heterocycles. The first-order valence-electron chi connectivity index (χ1n) is 8.46. The second-order valence-corrected chi connectivity index (χ2v) is 7.45. The number of carboxylic acid groups (broad SMARTS) is 1. The van der Waals surface area contributed by atoms with Crippen molar-refractivity contribution in [1.29, 1.82) is 0 Å². The van der Waals surface area contributed by atoms with Crippen LogP contribution in [0.3, 0.4) is 0 Å². The van der Waals surface area contributed by atoms with Crippen LogP contribution in [0.25, 0.3) is 0 Å². The number of pyridine rings is 1. The molecule has 0 radical (unpaired) electrons. The number of thiophene rings is 1. The summed E-state index contributed by atoms with van der Waals surface area (Å²) in [6, 6.07) is 5.33. The quantitative estimate of drug-likeness (QED) is 0.617. The van der Waals surface area contributed by atoms with Gasteiger partial charge in [-0.25, -0.2) is 9.78 Å². The standard InChI is InChI=1S/C17H21N5O4S/c1-19(2)14(13-4-3-11-27-13)12-5-6-18-16(15(12)22(25)26)20-7-9-21(10-8-20)17(23)24/h3-6,11,14H,7-10H2,1-2H3,(H,23,24). The fourth-order valence-electron chi connectivity index (χ4n) is 3.34. The van der Waals surface area contributed by atoms with E-state index in [-0.39, 0.29) is 16.7 Å². The number of nitrogens with zero attached hydrogens (tertiary/aromatic N) is 5. The summed E-state index contributed by atoms with van der Waals surface area (Å²) >= 11 is 1.55. The van der Waals surface area contributed by atoms with Crippen LogP contribution < -0.4 is 4.90 Å². The zero-order chi connectivity index (χ0) is 19.6. The molecule has 0 aliphatic carbocycles. The molecule has 1 aliphatic rings. The molecule has 27 heavy (non-hydrogen) atoms. The monoisotopic (exact) mass is 391 g/mol. The molecule has 1 atom stereocenters. The van der Waals surface area contributed by atoms with Crippen LogP contribution in [0.1, 0.15) is 16.5 Å². The van der Waals surface area contributed by atoms with E-state index in [0.29, 0.717) is 37.6 Å². The summed E-state index contributed by atoms with van der Waals surface area (Å²) in [5.41, 5.74) is 0.562. The molecule has 144 valence electrons. The van der Waals surface area contributed by atoms with Gasteiger partial charge in [-0.15, -0.1) is 11.3 Å². The van der Waals surface area contributed by atoms with Crippen molar-refractivity contribution in [2.75, 3.05) is 45.2 Å². The molecule has 0 saturated carbocycles. The van der Waals surface area contributed by atoms with Gasteiger partial charge >= 0.3 is 11.8 Å². The normalized spacial score (nSPS) is 15.8. The highest BCUT2D eigenvalue weighted by atomic mass is 32.1. The summed E-state index contributed by atoms with van der Waals surface area (Å²) in [4.78, 5) is 33.0. The van der Waals surface area contributed by atoms with E-state index in [0.717, 1.165) is 4.88 Å². The zero-order valence-electron chi connectivity index (χ0n) is 15.1. The Morgan fingerprint density at radius 1 is 1.33 bits per heavy atom. The third kappa shape index (κ3) is 3.86. The summed E-state index contributed by atoms with van der Waals surface area (Å²) in [6.07, 6.45) is 0.613. The van der Waals surface area contributed by atoms with E-state index in [1.807, 2.05) is 36.5 Å². The Balaban J connectivity index is 2.01. The highest BCUT2D eigenvalue weighted by Crippen LogP contribution is 2.39. The van der Waals surface area contributed by atoms with Crippen molar-refractivity contribution in [3.8, 4) is 0 Å². The van der Waals surface area contributed by atoms with Crippen LogP contribution >= 0.6 is 11.3 Å². The molecule has 0 aromatic carbocycles. The van der Waals surface area contributed by atoms with Crippen molar-refractivity contribution < 1.29 is 14.8 Å². The van der Waals surface area contributed by atoms with Crippen molar-refractivity contribution in [3.05, 3.63) is 50.3 Å². The molecule has 1 unspecified atom stereocenters. The Kier molecular flexibility index (Phi) is 5.57. The second-order valence-electron chi connectivity index (χ2n) is 6.47. The topological polar surface area (TPSA) is 103 Å². The fourth-order valence-corrected chi connectivity index (χ4v) is 4.28. The van der Waals surface area contributed by atoms with Gasteiger partial charge in [0.2, 0.25) is 5.82 Å². The lowest BCUT2D eigenvalue weighted by Crippen LogP contribution is -2.48. The summed E-state index contributed by atoms with van der Waals surface area (Å²) in [7, 11) is 3.78. The first kappa shape index (κ1) is 19.1. The predicted molar refractivity (Wildman–Crippen MR) is 103 cm³/mol. The average Bonchev–Trinajstić information content (AvgIpc) is 3.15. The number of amides is 1. The van der Waals surface area contributed by atoms with Gasteiger partial charge in [0.25, 0.3) is 0 Å². The Morgan fingerprint density at radius 2 is 2.04 bits per heavy atom. The van der Waals surface area contributed by atoms with E-state index in [1.54, 1.807) is 28.5 Å². The first-order chi connectivity index (χ1) is 12.9. The number of aromatic nitrogens is 1. The molecule has 2 aromatic heterocycles. The maximum atomic E-state index is 12.0. The van der Waals surface area contributed by atoms with Gasteiger partial charge in [-0.1, -0.05) is 6.07 Å². The molecule has 1 amide bonds. The Labute approximate surface area is 160 Å². The number of piperazine rings is 1. The minimum absolute atomic E-state index is 0.0200. The van der Waals surface area contributed by atoms with Crippen molar-refractivity contribution in [2.24, 2.45) is 0 Å². The van der Waals surface area contributed by atoms with Crippen LogP contribution in [0.4, 0.5) is 16.3 Å². The number of hydrogen-bond acceptors (Lipinski definition) is 7. The Morgan fingerprint density at radius 3 is 2.56 bits per heavy atom. The van der Waals surface area contributed by atoms with Crippen LogP contribution in [0.5, 0.6) is 0 Å². The number of nitro groups is 1. The van der Waals surface area contributed by atoms with E-state index in [4.69, 9.17) is 5.11 Å². The first-order valence-corrected chi connectivity index (χ1v) is 9.34. The maximum absolute atomic E-state index is 12.0. The van der Waals surface area contributed by atoms with Crippen molar-refractivity contribution in [2.45, 2.75) is 6.04 Å². The summed E-state index contributed by atoms with van der Waals surface area (Å²) in [5, 5.41) is 23.0. The average molecular weight is 391 g/mol. The van der Waals surface area contributed by atoms with Crippen LogP contribution in [0.2, 0.25) is 0 Å². The van der Waals surface area contributed by atoms with Crippen LogP contribution in [-0.4, -0.2) is 71.2 Å². The van der Waals surface area contributed by atoms with Gasteiger partial charge in [0.15, 0.2) is 0 Å². The molecule has 9 nitrogen and oxygen atoms in total. The number of rotatable bonds is 5. The summed E-state index contributed by atoms with van der Waals surface area (Å²) in [6.45, 7) is 1.32. The molecule has 3 rings (SSSR count). The third-order valence-corrected chi connectivity index (χ3v) is 5.52. The number of anilines is 1.